The summed E-state index contributed by atoms with van der Waals surface area (Å²) in [5.74, 6) is -2.01. The van der Waals surface area contributed by atoms with Gasteiger partial charge in [0.05, 0.1) is 17.4 Å². The quantitative estimate of drug-likeness (QED) is 0.644. The van der Waals surface area contributed by atoms with Crippen molar-refractivity contribution < 1.29 is 18.8 Å². The number of benzene rings is 2. The Morgan fingerprint density at radius 2 is 1.62 bits per heavy atom. The van der Waals surface area contributed by atoms with Crippen molar-refractivity contribution in [3.8, 4) is 0 Å². The Bertz CT molecular complexity index is 1060. The molecule has 0 aliphatic carbocycles. The van der Waals surface area contributed by atoms with Crippen molar-refractivity contribution in [1.29, 1.82) is 0 Å². The minimum atomic E-state index is -0.960. The van der Waals surface area contributed by atoms with Gasteiger partial charge in [0, 0.05) is 12.4 Å². The molecule has 0 bridgehead atoms. The standard InChI is InChI=1S/C22H16FN3O3/c23-15-8-10-16(11-9-15)25-21(27)18-19(14-5-4-12-24-13-14)26(29-20(18)22(25)28)17-6-2-1-3-7-17/h1-13,18-20H/t18-,19-,20+/m0/s1. The fourth-order valence-electron chi connectivity index (χ4n) is 3.95. The van der Waals surface area contributed by atoms with E-state index in [0.29, 0.717) is 5.69 Å². The smallest absolute Gasteiger partial charge is 0.266 e. The highest BCUT2D eigenvalue weighted by atomic mass is 19.1. The van der Waals surface area contributed by atoms with Crippen molar-refractivity contribution in [2.24, 2.45) is 5.92 Å². The third kappa shape index (κ3) is 2.78. The average Bonchev–Trinajstić information content (AvgIpc) is 3.27. The van der Waals surface area contributed by atoms with Crippen LogP contribution in [0.5, 0.6) is 0 Å². The molecule has 3 aromatic rings. The van der Waals surface area contributed by atoms with Crippen LogP contribution in [-0.2, 0) is 14.4 Å². The number of hydrogen-bond donors (Lipinski definition) is 0. The van der Waals surface area contributed by atoms with E-state index in [-0.39, 0.29) is 5.91 Å². The molecule has 1 aromatic heterocycles. The lowest BCUT2D eigenvalue weighted by atomic mass is 9.91. The highest BCUT2D eigenvalue weighted by molar-refractivity contribution is 6.23. The summed E-state index contributed by atoms with van der Waals surface area (Å²) in [6, 6.07) is 17.7. The Balaban J connectivity index is 1.58. The predicted octanol–water partition coefficient (Wildman–Crippen LogP) is 3.27. The van der Waals surface area contributed by atoms with Gasteiger partial charge in [-0.1, -0.05) is 24.3 Å². The van der Waals surface area contributed by atoms with Gasteiger partial charge in [-0.05, 0) is 48.0 Å². The molecule has 0 radical (unpaired) electrons. The minimum absolute atomic E-state index is 0.329. The molecule has 144 valence electrons. The average molecular weight is 389 g/mol. The van der Waals surface area contributed by atoms with Crippen LogP contribution >= 0.6 is 0 Å². The van der Waals surface area contributed by atoms with Crippen molar-refractivity contribution in [3.05, 3.63) is 90.5 Å². The van der Waals surface area contributed by atoms with Gasteiger partial charge in [0.25, 0.3) is 5.91 Å². The van der Waals surface area contributed by atoms with E-state index < -0.39 is 29.8 Å². The number of imide groups is 1. The second-order valence-corrected chi connectivity index (χ2v) is 6.93. The number of amides is 2. The monoisotopic (exact) mass is 389 g/mol. The van der Waals surface area contributed by atoms with E-state index in [2.05, 4.69) is 4.98 Å². The summed E-state index contributed by atoms with van der Waals surface area (Å²) in [5.41, 5.74) is 1.84. The number of pyridine rings is 1. The molecule has 7 heteroatoms. The lowest BCUT2D eigenvalue weighted by molar-refractivity contribution is -0.126. The summed E-state index contributed by atoms with van der Waals surface area (Å²) in [7, 11) is 0. The number of hydrogen-bond acceptors (Lipinski definition) is 5. The second kappa shape index (κ2) is 6.79. The maximum atomic E-state index is 13.3. The van der Waals surface area contributed by atoms with Crippen LogP contribution in [0.4, 0.5) is 15.8 Å². The molecular weight excluding hydrogens is 373 g/mol. The summed E-state index contributed by atoms with van der Waals surface area (Å²) in [4.78, 5) is 37.7. The number of para-hydroxylation sites is 1. The number of rotatable bonds is 3. The first-order valence-corrected chi connectivity index (χ1v) is 9.19. The highest BCUT2D eigenvalue weighted by Crippen LogP contribution is 2.47. The summed E-state index contributed by atoms with van der Waals surface area (Å²) >= 11 is 0. The molecule has 2 aromatic carbocycles. The van der Waals surface area contributed by atoms with E-state index in [4.69, 9.17) is 4.84 Å². The lowest BCUT2D eigenvalue weighted by Crippen LogP contribution is -2.37. The topological polar surface area (TPSA) is 62.7 Å². The number of nitrogens with zero attached hydrogens (tertiary/aromatic N) is 3. The van der Waals surface area contributed by atoms with Gasteiger partial charge in [-0.2, -0.15) is 0 Å². The van der Waals surface area contributed by atoms with Gasteiger partial charge in [-0.25, -0.2) is 14.4 Å². The van der Waals surface area contributed by atoms with E-state index in [1.54, 1.807) is 23.5 Å². The minimum Gasteiger partial charge on any atom is -0.273 e. The maximum Gasteiger partial charge on any atom is 0.266 e. The SMILES string of the molecule is O=C1[C@@H]2[C@@H](ON(c3ccccc3)[C@H]2c2cccnc2)C(=O)N1c1ccc(F)cc1. The third-order valence-corrected chi connectivity index (χ3v) is 5.24. The molecule has 0 spiro atoms. The molecule has 29 heavy (non-hydrogen) atoms. The van der Waals surface area contributed by atoms with Gasteiger partial charge in [0.15, 0.2) is 6.10 Å². The molecule has 3 heterocycles. The zero-order valence-electron chi connectivity index (χ0n) is 15.2. The molecule has 2 saturated heterocycles. The second-order valence-electron chi connectivity index (χ2n) is 6.93. The van der Waals surface area contributed by atoms with Crippen LogP contribution in [0.15, 0.2) is 79.1 Å². The van der Waals surface area contributed by atoms with E-state index in [1.165, 1.54) is 24.3 Å². The van der Waals surface area contributed by atoms with Crippen molar-refractivity contribution in [2.75, 3.05) is 9.96 Å². The van der Waals surface area contributed by atoms with Crippen LogP contribution < -0.4 is 9.96 Å². The van der Waals surface area contributed by atoms with Crippen LogP contribution in [0.1, 0.15) is 11.6 Å². The molecule has 3 atom stereocenters. The molecular formula is C22H16FN3O3. The number of anilines is 2. The zero-order chi connectivity index (χ0) is 20.0. The maximum absolute atomic E-state index is 13.3. The molecule has 0 unspecified atom stereocenters. The molecule has 2 aliphatic heterocycles. The summed E-state index contributed by atoms with van der Waals surface area (Å²) in [6.07, 6.45) is 2.36. The largest absolute Gasteiger partial charge is 0.273 e. The van der Waals surface area contributed by atoms with Crippen LogP contribution in [-0.4, -0.2) is 22.9 Å². The first kappa shape index (κ1) is 17.5. The predicted molar refractivity (Wildman–Crippen MR) is 103 cm³/mol. The zero-order valence-corrected chi connectivity index (χ0v) is 15.2. The van der Waals surface area contributed by atoms with E-state index >= 15 is 0 Å². The lowest BCUT2D eigenvalue weighted by Gasteiger charge is -2.28. The van der Waals surface area contributed by atoms with Crippen LogP contribution in [0, 0.1) is 11.7 Å². The Morgan fingerprint density at radius 1 is 0.862 bits per heavy atom. The van der Waals surface area contributed by atoms with Crippen molar-refractivity contribution in [3.63, 3.8) is 0 Å². The summed E-state index contributed by atoms with van der Waals surface area (Å²) < 4.78 is 13.3. The number of carbonyl (C=O) groups is 2. The van der Waals surface area contributed by atoms with E-state index in [9.17, 15) is 14.0 Å². The normalized spacial score (nSPS) is 23.6. The Labute approximate surface area is 166 Å². The fourth-order valence-corrected chi connectivity index (χ4v) is 3.95. The van der Waals surface area contributed by atoms with Crippen molar-refractivity contribution >= 4 is 23.2 Å². The first-order valence-electron chi connectivity index (χ1n) is 9.19. The fraction of sp³-hybridized carbons (Fsp3) is 0.136. The third-order valence-electron chi connectivity index (χ3n) is 5.24. The van der Waals surface area contributed by atoms with Gasteiger partial charge in [0.2, 0.25) is 5.91 Å². The molecule has 2 fully saturated rings. The van der Waals surface area contributed by atoms with E-state index in [0.717, 1.165) is 16.2 Å². The van der Waals surface area contributed by atoms with Crippen LogP contribution in [0.2, 0.25) is 0 Å². The molecule has 5 rings (SSSR count). The van der Waals surface area contributed by atoms with Crippen LogP contribution in [0.25, 0.3) is 0 Å². The van der Waals surface area contributed by atoms with Crippen LogP contribution in [0.3, 0.4) is 0 Å². The van der Waals surface area contributed by atoms with Gasteiger partial charge in [-0.3, -0.25) is 19.4 Å². The number of carbonyl (C=O) groups excluding carboxylic acids is 2. The Hall–Kier alpha value is -3.58. The number of halogens is 1. The number of hydroxylamine groups is 1. The van der Waals surface area contributed by atoms with Gasteiger partial charge in [-0.15, -0.1) is 0 Å². The van der Waals surface area contributed by atoms with E-state index in [1.807, 2.05) is 36.4 Å². The molecule has 2 aliphatic rings. The number of aromatic nitrogens is 1. The molecule has 0 N–H and O–H groups in total. The van der Waals surface area contributed by atoms with Crippen molar-refractivity contribution in [1.82, 2.24) is 4.98 Å². The Morgan fingerprint density at radius 3 is 2.31 bits per heavy atom. The molecule has 6 nitrogen and oxygen atoms in total. The summed E-state index contributed by atoms with van der Waals surface area (Å²) in [6.45, 7) is 0. The Kier molecular flexibility index (Phi) is 4.10. The molecule has 0 saturated carbocycles. The van der Waals surface area contributed by atoms with Gasteiger partial charge < -0.3 is 0 Å². The highest BCUT2D eigenvalue weighted by Gasteiger charge is 2.60. The van der Waals surface area contributed by atoms with Crippen molar-refractivity contribution in [2.45, 2.75) is 12.1 Å². The van der Waals surface area contributed by atoms with Gasteiger partial charge >= 0.3 is 0 Å². The number of fused-ring (bicyclic) bond motifs is 1. The summed E-state index contributed by atoms with van der Waals surface area (Å²) in [5, 5.41) is 1.62. The first-order chi connectivity index (χ1) is 14.1. The molecule has 2 amide bonds. The van der Waals surface area contributed by atoms with Gasteiger partial charge in [0.1, 0.15) is 11.7 Å².